The number of amides is 1. The first kappa shape index (κ1) is 13.4. The van der Waals surface area contributed by atoms with Crippen molar-refractivity contribution in [3.63, 3.8) is 0 Å². The highest BCUT2D eigenvalue weighted by Gasteiger charge is 2.25. The molecule has 0 aromatic heterocycles. The van der Waals surface area contributed by atoms with Gasteiger partial charge in [-0.1, -0.05) is 18.2 Å². The highest BCUT2D eigenvalue weighted by molar-refractivity contribution is 6.18. The molecular formula is C15H20ClNO. The first-order valence-electron chi connectivity index (χ1n) is 6.50. The smallest absolute Gasteiger partial charge is 0.226 e. The maximum Gasteiger partial charge on any atom is 0.226 e. The number of halogens is 1. The minimum absolute atomic E-state index is 0.228. The average molecular weight is 266 g/mol. The van der Waals surface area contributed by atoms with Crippen LogP contribution >= 0.6 is 11.6 Å². The molecule has 0 N–H and O–H groups in total. The van der Waals surface area contributed by atoms with E-state index in [1.54, 1.807) is 0 Å². The van der Waals surface area contributed by atoms with Crippen LogP contribution < -0.4 is 0 Å². The van der Waals surface area contributed by atoms with Crippen molar-refractivity contribution in [2.75, 3.05) is 19.0 Å². The Morgan fingerprint density at radius 2 is 2.17 bits per heavy atom. The van der Waals surface area contributed by atoms with Crippen molar-refractivity contribution in [3.8, 4) is 0 Å². The van der Waals surface area contributed by atoms with Crippen LogP contribution in [0.2, 0.25) is 0 Å². The molecule has 0 aliphatic carbocycles. The zero-order valence-corrected chi connectivity index (χ0v) is 11.8. The van der Waals surface area contributed by atoms with Crippen LogP contribution in [0, 0.1) is 19.8 Å². The van der Waals surface area contributed by atoms with Crippen LogP contribution in [0.15, 0.2) is 18.2 Å². The summed E-state index contributed by atoms with van der Waals surface area (Å²) < 4.78 is 0. The van der Waals surface area contributed by atoms with Crippen molar-refractivity contribution < 1.29 is 4.79 Å². The number of alkyl halides is 1. The average Bonchev–Trinajstić information content (AvgIpc) is 2.82. The van der Waals surface area contributed by atoms with Gasteiger partial charge in [-0.25, -0.2) is 0 Å². The number of rotatable bonds is 3. The molecule has 1 aliphatic heterocycles. The molecule has 2 nitrogen and oxygen atoms in total. The lowest BCUT2D eigenvalue weighted by molar-refractivity contribution is -0.129. The molecule has 0 radical (unpaired) electrons. The van der Waals surface area contributed by atoms with Gasteiger partial charge in [0.2, 0.25) is 5.91 Å². The summed E-state index contributed by atoms with van der Waals surface area (Å²) in [6.45, 7) is 5.86. The quantitative estimate of drug-likeness (QED) is 0.770. The summed E-state index contributed by atoms with van der Waals surface area (Å²) in [6.07, 6.45) is 1.55. The van der Waals surface area contributed by atoms with E-state index in [-0.39, 0.29) is 5.91 Å². The number of likely N-dealkylation sites (tertiary alicyclic amines) is 1. The van der Waals surface area contributed by atoms with Gasteiger partial charge in [-0.05, 0) is 42.9 Å². The van der Waals surface area contributed by atoms with E-state index in [1.807, 2.05) is 4.90 Å². The Kier molecular flexibility index (Phi) is 4.28. The third-order valence-corrected chi connectivity index (χ3v) is 4.22. The second kappa shape index (κ2) is 5.75. The van der Waals surface area contributed by atoms with Gasteiger partial charge in [-0.2, -0.15) is 0 Å². The molecule has 1 heterocycles. The lowest BCUT2D eigenvalue weighted by Gasteiger charge is -2.16. The minimum atomic E-state index is 0.228. The van der Waals surface area contributed by atoms with Gasteiger partial charge in [0.05, 0.1) is 6.42 Å². The zero-order valence-electron chi connectivity index (χ0n) is 11.1. The zero-order chi connectivity index (χ0) is 13.1. The standard InChI is InChI=1S/C15H20ClNO/c1-11-3-4-13(7-12(11)2)8-15(18)17-6-5-14(9-16)10-17/h3-4,7,14H,5-6,8-10H2,1-2H3. The molecule has 18 heavy (non-hydrogen) atoms. The second-order valence-electron chi connectivity index (χ2n) is 5.24. The molecular weight excluding hydrogens is 246 g/mol. The van der Waals surface area contributed by atoms with Crippen LogP contribution in [0.4, 0.5) is 0 Å². The normalized spacial score (nSPS) is 19.3. The summed E-state index contributed by atoms with van der Waals surface area (Å²) in [5, 5.41) is 0. The van der Waals surface area contributed by atoms with Crippen molar-refractivity contribution in [2.45, 2.75) is 26.7 Å². The molecule has 1 atom stereocenters. The molecule has 1 fully saturated rings. The second-order valence-corrected chi connectivity index (χ2v) is 5.55. The number of carbonyl (C=O) groups is 1. The molecule has 1 amide bonds. The maximum absolute atomic E-state index is 12.2. The third-order valence-electron chi connectivity index (χ3n) is 3.78. The third kappa shape index (κ3) is 3.05. The topological polar surface area (TPSA) is 20.3 Å². The van der Waals surface area contributed by atoms with Gasteiger partial charge >= 0.3 is 0 Å². The first-order chi connectivity index (χ1) is 8.60. The Labute approximate surface area is 114 Å². The van der Waals surface area contributed by atoms with Crippen LogP contribution in [0.3, 0.4) is 0 Å². The number of hydrogen-bond acceptors (Lipinski definition) is 1. The van der Waals surface area contributed by atoms with Crippen molar-refractivity contribution in [1.29, 1.82) is 0 Å². The predicted octanol–water partition coefficient (Wildman–Crippen LogP) is 2.93. The van der Waals surface area contributed by atoms with Crippen LogP contribution in [0.5, 0.6) is 0 Å². The summed E-state index contributed by atoms with van der Waals surface area (Å²) >= 11 is 5.84. The van der Waals surface area contributed by atoms with Gasteiger partial charge in [-0.15, -0.1) is 11.6 Å². The van der Waals surface area contributed by atoms with Crippen LogP contribution in [-0.2, 0) is 11.2 Å². The molecule has 1 unspecified atom stereocenters. The Hall–Kier alpha value is -1.02. The van der Waals surface area contributed by atoms with E-state index in [0.29, 0.717) is 18.2 Å². The largest absolute Gasteiger partial charge is 0.342 e. The van der Waals surface area contributed by atoms with Gasteiger partial charge < -0.3 is 4.90 Å². The van der Waals surface area contributed by atoms with E-state index in [9.17, 15) is 4.79 Å². The predicted molar refractivity (Wildman–Crippen MR) is 75.0 cm³/mol. The fourth-order valence-electron chi connectivity index (χ4n) is 2.39. The molecule has 98 valence electrons. The van der Waals surface area contributed by atoms with E-state index in [0.717, 1.165) is 25.1 Å². The molecule has 1 aliphatic rings. The molecule has 0 bridgehead atoms. The van der Waals surface area contributed by atoms with Crippen molar-refractivity contribution >= 4 is 17.5 Å². The fraction of sp³-hybridized carbons (Fsp3) is 0.533. The number of benzene rings is 1. The summed E-state index contributed by atoms with van der Waals surface area (Å²) in [6, 6.07) is 6.25. The number of hydrogen-bond donors (Lipinski definition) is 0. The maximum atomic E-state index is 12.2. The lowest BCUT2D eigenvalue weighted by Crippen LogP contribution is -2.30. The summed E-state index contributed by atoms with van der Waals surface area (Å²) in [5.41, 5.74) is 3.63. The fourth-order valence-corrected chi connectivity index (χ4v) is 2.64. The van der Waals surface area contributed by atoms with E-state index >= 15 is 0 Å². The number of carbonyl (C=O) groups excluding carboxylic acids is 1. The van der Waals surface area contributed by atoms with E-state index < -0.39 is 0 Å². The van der Waals surface area contributed by atoms with Crippen LogP contribution in [0.1, 0.15) is 23.1 Å². The van der Waals surface area contributed by atoms with Gasteiger partial charge in [-0.3, -0.25) is 4.79 Å². The van der Waals surface area contributed by atoms with Crippen LogP contribution in [0.25, 0.3) is 0 Å². The van der Waals surface area contributed by atoms with Gasteiger partial charge in [0.1, 0.15) is 0 Å². The highest BCUT2D eigenvalue weighted by Crippen LogP contribution is 2.19. The molecule has 2 rings (SSSR count). The Bertz CT molecular complexity index is 444. The van der Waals surface area contributed by atoms with Crippen molar-refractivity contribution in [1.82, 2.24) is 4.90 Å². The molecule has 1 aromatic rings. The Morgan fingerprint density at radius 3 is 2.78 bits per heavy atom. The van der Waals surface area contributed by atoms with Gasteiger partial charge in [0.25, 0.3) is 0 Å². The molecule has 1 saturated heterocycles. The Morgan fingerprint density at radius 1 is 1.39 bits per heavy atom. The highest BCUT2D eigenvalue weighted by atomic mass is 35.5. The monoisotopic (exact) mass is 265 g/mol. The molecule has 3 heteroatoms. The minimum Gasteiger partial charge on any atom is -0.342 e. The SMILES string of the molecule is Cc1ccc(CC(=O)N2CCC(CCl)C2)cc1C. The van der Waals surface area contributed by atoms with Gasteiger partial charge in [0.15, 0.2) is 0 Å². The van der Waals surface area contributed by atoms with Gasteiger partial charge in [0, 0.05) is 19.0 Å². The van der Waals surface area contributed by atoms with E-state index in [1.165, 1.54) is 11.1 Å². The van der Waals surface area contributed by atoms with Crippen LogP contribution in [-0.4, -0.2) is 29.8 Å². The first-order valence-corrected chi connectivity index (χ1v) is 7.03. The van der Waals surface area contributed by atoms with E-state index in [4.69, 9.17) is 11.6 Å². The number of aryl methyl sites for hydroxylation is 2. The van der Waals surface area contributed by atoms with Crippen molar-refractivity contribution in [2.24, 2.45) is 5.92 Å². The lowest BCUT2D eigenvalue weighted by atomic mass is 10.0. The molecule has 1 aromatic carbocycles. The number of nitrogens with zero attached hydrogens (tertiary/aromatic N) is 1. The van der Waals surface area contributed by atoms with Crippen molar-refractivity contribution in [3.05, 3.63) is 34.9 Å². The summed E-state index contributed by atoms with van der Waals surface area (Å²) in [4.78, 5) is 14.1. The molecule has 0 saturated carbocycles. The summed E-state index contributed by atoms with van der Waals surface area (Å²) in [5.74, 6) is 1.37. The summed E-state index contributed by atoms with van der Waals surface area (Å²) in [7, 11) is 0. The Balaban J connectivity index is 1.97. The molecule has 0 spiro atoms. The van der Waals surface area contributed by atoms with E-state index in [2.05, 4.69) is 32.0 Å².